The molecule has 0 N–H and O–H groups in total. The molecule has 7 heteroatoms. The Balaban J connectivity index is 1.51. The Bertz CT molecular complexity index is 857. The predicted molar refractivity (Wildman–Crippen MR) is 104 cm³/mol. The number of carbonyl (C=O) groups is 1. The van der Waals surface area contributed by atoms with E-state index in [1.165, 1.54) is 19.3 Å². The van der Waals surface area contributed by atoms with Crippen LogP contribution in [0.1, 0.15) is 34.5 Å². The van der Waals surface area contributed by atoms with Crippen LogP contribution in [0, 0.1) is 12.8 Å². The summed E-state index contributed by atoms with van der Waals surface area (Å²) < 4.78 is 0. The smallest absolute Gasteiger partial charge is 0.264 e. The molecule has 6 nitrogen and oxygen atoms in total. The standard InChI is InChI=1S/C19H25N5OS/c1-12-15-17(23-7-5-22(2)6-8-23)20-11-21-18(15)26-16(12)19(25)24-10-13-3-4-14(24)9-13/h11,13-14H,3-10H2,1-2H3/t13-,14+/m1/s1. The van der Waals surface area contributed by atoms with Crippen molar-refractivity contribution in [2.24, 2.45) is 5.92 Å². The average Bonchev–Trinajstić information content (AvgIpc) is 3.36. The molecule has 1 saturated carbocycles. The number of nitrogens with zero attached hydrogens (tertiary/aromatic N) is 5. The van der Waals surface area contributed by atoms with Gasteiger partial charge >= 0.3 is 0 Å². The minimum atomic E-state index is 0.210. The molecule has 5 rings (SSSR count). The predicted octanol–water partition coefficient (Wildman–Crippen LogP) is 2.38. The molecule has 1 amide bonds. The Labute approximate surface area is 157 Å². The maximum absolute atomic E-state index is 13.2. The van der Waals surface area contributed by atoms with Crippen LogP contribution in [0.5, 0.6) is 0 Å². The number of anilines is 1. The topological polar surface area (TPSA) is 52.6 Å². The van der Waals surface area contributed by atoms with Crippen LogP contribution in [0.2, 0.25) is 0 Å². The molecule has 1 aliphatic carbocycles. The molecule has 138 valence electrons. The summed E-state index contributed by atoms with van der Waals surface area (Å²) in [5, 5.41) is 1.08. The summed E-state index contributed by atoms with van der Waals surface area (Å²) in [6.45, 7) is 7.03. The van der Waals surface area contributed by atoms with E-state index in [0.29, 0.717) is 6.04 Å². The van der Waals surface area contributed by atoms with Crippen molar-refractivity contribution in [1.29, 1.82) is 0 Å². The Morgan fingerprint density at radius 3 is 2.69 bits per heavy atom. The van der Waals surface area contributed by atoms with Gasteiger partial charge < -0.3 is 14.7 Å². The Hall–Kier alpha value is -1.73. The van der Waals surface area contributed by atoms with E-state index in [-0.39, 0.29) is 5.91 Å². The number of rotatable bonds is 2. The van der Waals surface area contributed by atoms with Crippen LogP contribution in [0.4, 0.5) is 5.82 Å². The molecule has 4 heterocycles. The third-order valence-corrected chi connectivity index (χ3v) is 7.56. The van der Waals surface area contributed by atoms with E-state index in [1.54, 1.807) is 17.7 Å². The first-order valence-corrected chi connectivity index (χ1v) is 10.4. The van der Waals surface area contributed by atoms with Crippen LogP contribution in [0.25, 0.3) is 10.2 Å². The number of hydrogen-bond donors (Lipinski definition) is 0. The van der Waals surface area contributed by atoms with E-state index >= 15 is 0 Å². The van der Waals surface area contributed by atoms with Crippen molar-refractivity contribution >= 4 is 33.3 Å². The van der Waals surface area contributed by atoms with Gasteiger partial charge in [0.1, 0.15) is 17.0 Å². The van der Waals surface area contributed by atoms with Crippen LogP contribution < -0.4 is 4.90 Å². The SMILES string of the molecule is Cc1c(C(=O)N2C[C@@H]3CC[C@H]2C3)sc2ncnc(N3CCN(C)CC3)c12. The van der Waals surface area contributed by atoms with Crippen molar-refractivity contribution in [3.8, 4) is 0 Å². The number of thiophene rings is 1. The lowest BCUT2D eigenvalue weighted by atomic mass is 10.1. The molecule has 3 fully saturated rings. The van der Waals surface area contributed by atoms with Gasteiger partial charge in [-0.1, -0.05) is 0 Å². The molecule has 26 heavy (non-hydrogen) atoms. The van der Waals surface area contributed by atoms with Crippen molar-refractivity contribution in [1.82, 2.24) is 19.8 Å². The molecule has 0 spiro atoms. The van der Waals surface area contributed by atoms with E-state index in [1.807, 2.05) is 0 Å². The molecule has 0 unspecified atom stereocenters. The number of aromatic nitrogens is 2. The maximum Gasteiger partial charge on any atom is 0.264 e. The minimum Gasteiger partial charge on any atom is -0.353 e. The molecule has 2 aromatic heterocycles. The lowest BCUT2D eigenvalue weighted by Gasteiger charge is -2.33. The lowest BCUT2D eigenvalue weighted by molar-refractivity contribution is 0.0708. The van der Waals surface area contributed by atoms with Gasteiger partial charge in [0, 0.05) is 38.8 Å². The van der Waals surface area contributed by atoms with Gasteiger partial charge in [-0.3, -0.25) is 4.79 Å². The highest BCUT2D eigenvalue weighted by molar-refractivity contribution is 7.20. The lowest BCUT2D eigenvalue weighted by Crippen LogP contribution is -2.44. The highest BCUT2D eigenvalue weighted by Crippen LogP contribution is 2.41. The van der Waals surface area contributed by atoms with Crippen molar-refractivity contribution in [2.75, 3.05) is 44.7 Å². The fourth-order valence-corrected chi connectivity index (χ4v) is 5.92. The number of likely N-dealkylation sites (N-methyl/N-ethyl adjacent to an activating group) is 1. The fourth-order valence-electron chi connectivity index (χ4n) is 4.82. The summed E-state index contributed by atoms with van der Waals surface area (Å²) in [5.41, 5.74) is 1.06. The average molecular weight is 372 g/mol. The Morgan fingerprint density at radius 2 is 2.00 bits per heavy atom. The fraction of sp³-hybridized carbons (Fsp3) is 0.632. The van der Waals surface area contributed by atoms with Gasteiger partial charge in [0.15, 0.2) is 0 Å². The second kappa shape index (κ2) is 6.16. The van der Waals surface area contributed by atoms with Gasteiger partial charge in [-0.05, 0) is 44.7 Å². The zero-order valence-corrected chi connectivity index (χ0v) is 16.3. The molecule has 3 aliphatic rings. The highest BCUT2D eigenvalue weighted by atomic mass is 32.1. The van der Waals surface area contributed by atoms with Crippen LogP contribution in [0.15, 0.2) is 6.33 Å². The number of piperazine rings is 1. The molecule has 2 bridgehead atoms. The molecule has 0 radical (unpaired) electrons. The van der Waals surface area contributed by atoms with E-state index < -0.39 is 0 Å². The third kappa shape index (κ3) is 2.52. The maximum atomic E-state index is 13.2. The monoisotopic (exact) mass is 371 g/mol. The van der Waals surface area contributed by atoms with Gasteiger partial charge in [0.2, 0.25) is 0 Å². The first-order valence-electron chi connectivity index (χ1n) is 9.60. The first kappa shape index (κ1) is 16.4. The number of amides is 1. The summed E-state index contributed by atoms with van der Waals surface area (Å²) in [7, 11) is 2.16. The first-order chi connectivity index (χ1) is 12.6. The summed E-state index contributed by atoms with van der Waals surface area (Å²) in [6.07, 6.45) is 5.31. The number of hydrogen-bond acceptors (Lipinski definition) is 6. The molecule has 2 aliphatic heterocycles. The van der Waals surface area contributed by atoms with Crippen molar-refractivity contribution < 1.29 is 4.79 Å². The zero-order chi connectivity index (χ0) is 17.8. The summed E-state index contributed by atoms with van der Waals surface area (Å²) in [5.74, 6) is 1.93. The zero-order valence-electron chi connectivity index (χ0n) is 15.4. The minimum absolute atomic E-state index is 0.210. The van der Waals surface area contributed by atoms with Gasteiger partial charge in [-0.2, -0.15) is 0 Å². The van der Waals surface area contributed by atoms with Crippen LogP contribution in [0.3, 0.4) is 0 Å². The number of aryl methyl sites for hydroxylation is 1. The van der Waals surface area contributed by atoms with Gasteiger partial charge in [0.25, 0.3) is 5.91 Å². The van der Waals surface area contributed by atoms with Gasteiger partial charge in [-0.15, -0.1) is 11.3 Å². The van der Waals surface area contributed by atoms with Crippen molar-refractivity contribution in [3.63, 3.8) is 0 Å². The normalized spacial score (nSPS) is 26.2. The molecule has 2 saturated heterocycles. The van der Waals surface area contributed by atoms with Crippen LogP contribution >= 0.6 is 11.3 Å². The van der Waals surface area contributed by atoms with Crippen LogP contribution in [-0.4, -0.2) is 71.5 Å². The summed E-state index contributed by atoms with van der Waals surface area (Å²) in [6, 6.07) is 0.459. The van der Waals surface area contributed by atoms with E-state index in [9.17, 15) is 4.79 Å². The van der Waals surface area contributed by atoms with E-state index in [0.717, 1.165) is 65.1 Å². The van der Waals surface area contributed by atoms with Crippen molar-refractivity contribution in [3.05, 3.63) is 16.8 Å². The second-order valence-corrected chi connectivity index (χ2v) is 9.01. The molecular formula is C19H25N5OS. The van der Waals surface area contributed by atoms with Gasteiger partial charge in [0.05, 0.1) is 10.3 Å². The third-order valence-electron chi connectivity index (χ3n) is 6.37. The van der Waals surface area contributed by atoms with E-state index in [2.05, 4.69) is 38.6 Å². The number of likely N-dealkylation sites (tertiary alicyclic amines) is 1. The number of carbonyl (C=O) groups excluding carboxylic acids is 1. The Morgan fingerprint density at radius 1 is 1.19 bits per heavy atom. The second-order valence-electron chi connectivity index (χ2n) is 8.01. The van der Waals surface area contributed by atoms with E-state index in [4.69, 9.17) is 0 Å². The van der Waals surface area contributed by atoms with Gasteiger partial charge in [-0.25, -0.2) is 9.97 Å². The summed E-state index contributed by atoms with van der Waals surface area (Å²) in [4.78, 5) is 30.9. The molecule has 0 aromatic carbocycles. The highest BCUT2D eigenvalue weighted by Gasteiger charge is 2.41. The molecule has 2 aromatic rings. The summed E-state index contributed by atoms with van der Waals surface area (Å²) >= 11 is 1.55. The molecule has 2 atom stereocenters. The Kier molecular flexibility index (Phi) is 3.90. The quantitative estimate of drug-likeness (QED) is 0.811. The van der Waals surface area contributed by atoms with Crippen LogP contribution in [-0.2, 0) is 0 Å². The molecular weight excluding hydrogens is 346 g/mol. The largest absolute Gasteiger partial charge is 0.353 e. The number of piperidine rings is 1. The van der Waals surface area contributed by atoms with Crippen molar-refractivity contribution in [2.45, 2.75) is 32.2 Å². The number of fused-ring (bicyclic) bond motifs is 3.